The Balaban J connectivity index is 2.18. The first-order chi connectivity index (χ1) is 8.22. The van der Waals surface area contributed by atoms with Crippen LogP contribution < -0.4 is 0 Å². The zero-order chi connectivity index (χ0) is 12.3. The van der Waals surface area contributed by atoms with E-state index in [1.165, 1.54) is 36.6 Å². The van der Waals surface area contributed by atoms with E-state index in [0.717, 1.165) is 5.66 Å². The number of unbranched alkanes of at least 4 members (excludes halogenated alkanes) is 2. The molecule has 92 valence electrons. The fraction of sp³-hybridized carbons (Fsp3) is 0.500. The molecule has 0 amide bonds. The van der Waals surface area contributed by atoms with Gasteiger partial charge in [0.1, 0.15) is 0 Å². The van der Waals surface area contributed by atoms with Gasteiger partial charge in [0.2, 0.25) is 0 Å². The summed E-state index contributed by atoms with van der Waals surface area (Å²) >= 11 is 0. The van der Waals surface area contributed by atoms with E-state index in [1.54, 1.807) is 5.31 Å². The molecule has 1 aromatic rings. The van der Waals surface area contributed by atoms with Gasteiger partial charge >= 0.3 is 0 Å². The van der Waals surface area contributed by atoms with Crippen LogP contribution in [0.15, 0.2) is 30.3 Å². The third-order valence-corrected chi connectivity index (χ3v) is 6.16. The van der Waals surface area contributed by atoms with Crippen molar-refractivity contribution in [2.75, 3.05) is 6.16 Å². The van der Waals surface area contributed by atoms with Gasteiger partial charge in [0, 0.05) is 0 Å². The van der Waals surface area contributed by atoms with E-state index in [2.05, 4.69) is 51.1 Å². The van der Waals surface area contributed by atoms with Crippen molar-refractivity contribution < 1.29 is 0 Å². The van der Waals surface area contributed by atoms with Crippen LogP contribution in [0.1, 0.15) is 44.2 Å². The molecule has 1 heterocycles. The average Bonchev–Trinajstić information content (AvgIpc) is 3.02. The van der Waals surface area contributed by atoms with E-state index in [1.807, 2.05) is 0 Å². The first-order valence-corrected chi connectivity index (χ1v) is 8.36. The van der Waals surface area contributed by atoms with Crippen molar-refractivity contribution in [2.24, 2.45) is 0 Å². The minimum Gasteiger partial charge on any atom is -0.0762 e. The minimum absolute atomic E-state index is 0.181. The second-order valence-electron chi connectivity index (χ2n) is 5.10. The Hall–Kier alpha value is -0.610. The number of aryl methyl sites for hydroxylation is 1. The lowest BCUT2D eigenvalue weighted by molar-refractivity contribution is 0.816. The van der Waals surface area contributed by atoms with Gasteiger partial charge in [0.25, 0.3) is 0 Å². The maximum absolute atomic E-state index is 2.52. The molecule has 0 saturated carbocycles. The topological polar surface area (TPSA) is 0 Å². The SMILES string of the molecule is CCCC/C=C(/c1cccc(C)c1)P1CC1C. The summed E-state index contributed by atoms with van der Waals surface area (Å²) < 4.78 is 0. The van der Waals surface area contributed by atoms with Crippen LogP contribution in [0.3, 0.4) is 0 Å². The van der Waals surface area contributed by atoms with Crippen molar-refractivity contribution in [1.82, 2.24) is 0 Å². The fourth-order valence-electron chi connectivity index (χ4n) is 2.22. The number of allylic oxidation sites excluding steroid dienone is 1. The number of benzene rings is 1. The Morgan fingerprint density at radius 1 is 1.47 bits per heavy atom. The van der Waals surface area contributed by atoms with Crippen molar-refractivity contribution in [1.29, 1.82) is 0 Å². The van der Waals surface area contributed by atoms with Crippen molar-refractivity contribution >= 4 is 13.2 Å². The van der Waals surface area contributed by atoms with Gasteiger partial charge in [-0.15, -0.1) is 0 Å². The van der Waals surface area contributed by atoms with E-state index in [9.17, 15) is 0 Å². The van der Waals surface area contributed by atoms with Gasteiger partial charge in [-0.25, -0.2) is 0 Å². The van der Waals surface area contributed by atoms with Crippen molar-refractivity contribution in [3.05, 3.63) is 41.5 Å². The molecule has 1 aliphatic heterocycles. The van der Waals surface area contributed by atoms with E-state index >= 15 is 0 Å². The molecule has 17 heavy (non-hydrogen) atoms. The lowest BCUT2D eigenvalue weighted by atomic mass is 10.1. The van der Waals surface area contributed by atoms with Gasteiger partial charge in [-0.3, -0.25) is 0 Å². The monoisotopic (exact) mass is 246 g/mol. The van der Waals surface area contributed by atoms with Gasteiger partial charge in [-0.05, 0) is 36.0 Å². The van der Waals surface area contributed by atoms with Gasteiger partial charge in [0.15, 0.2) is 0 Å². The van der Waals surface area contributed by atoms with Crippen molar-refractivity contribution in [3.63, 3.8) is 0 Å². The third kappa shape index (κ3) is 3.42. The van der Waals surface area contributed by atoms with Gasteiger partial charge in [-0.2, -0.15) is 0 Å². The van der Waals surface area contributed by atoms with Crippen LogP contribution in [0.25, 0.3) is 5.31 Å². The Morgan fingerprint density at radius 2 is 2.24 bits per heavy atom. The molecule has 0 spiro atoms. The highest BCUT2D eigenvalue weighted by Crippen LogP contribution is 2.68. The highest BCUT2D eigenvalue weighted by Gasteiger charge is 2.35. The molecule has 1 heteroatoms. The molecule has 0 aromatic heterocycles. The lowest BCUT2D eigenvalue weighted by Crippen LogP contribution is -1.82. The zero-order valence-electron chi connectivity index (χ0n) is 11.2. The molecule has 0 N–H and O–H groups in total. The highest BCUT2D eigenvalue weighted by atomic mass is 31.1. The van der Waals surface area contributed by atoms with E-state index in [0.29, 0.717) is 0 Å². The van der Waals surface area contributed by atoms with E-state index in [-0.39, 0.29) is 7.92 Å². The molecule has 2 rings (SSSR count). The molecule has 0 radical (unpaired) electrons. The number of rotatable bonds is 5. The molecule has 1 aromatic carbocycles. The molecule has 0 aliphatic carbocycles. The quantitative estimate of drug-likeness (QED) is 0.481. The minimum atomic E-state index is 0.181. The molecule has 0 bridgehead atoms. The fourth-order valence-corrected chi connectivity index (χ4v) is 4.45. The summed E-state index contributed by atoms with van der Waals surface area (Å²) in [5.41, 5.74) is 3.82. The largest absolute Gasteiger partial charge is 0.0762 e. The van der Waals surface area contributed by atoms with Crippen LogP contribution in [0.5, 0.6) is 0 Å². The van der Waals surface area contributed by atoms with Gasteiger partial charge in [-0.1, -0.05) is 70.5 Å². The van der Waals surface area contributed by atoms with Crippen molar-refractivity contribution in [2.45, 2.75) is 45.7 Å². The van der Waals surface area contributed by atoms with Crippen LogP contribution >= 0.6 is 7.92 Å². The summed E-state index contributed by atoms with van der Waals surface area (Å²) in [6, 6.07) is 9.03. The van der Waals surface area contributed by atoms with Crippen LogP contribution in [0.2, 0.25) is 0 Å². The standard InChI is InChI=1S/C16H23P/c1-4-5-6-10-16(17-12-14(17)3)15-9-7-8-13(2)11-15/h7-11,14H,4-6,12H2,1-3H3/b16-10-. The highest BCUT2D eigenvalue weighted by molar-refractivity contribution is 7.76. The molecular weight excluding hydrogens is 223 g/mol. The molecule has 2 unspecified atom stereocenters. The normalized spacial score (nSPS) is 23.8. The maximum Gasteiger partial charge on any atom is -0.0155 e. The molecular formula is C16H23P. The third-order valence-electron chi connectivity index (χ3n) is 3.38. The molecule has 2 atom stereocenters. The first-order valence-electron chi connectivity index (χ1n) is 6.76. The number of hydrogen-bond acceptors (Lipinski definition) is 0. The van der Waals surface area contributed by atoms with E-state index in [4.69, 9.17) is 0 Å². The van der Waals surface area contributed by atoms with Crippen molar-refractivity contribution in [3.8, 4) is 0 Å². The molecule has 1 saturated heterocycles. The second-order valence-corrected chi connectivity index (χ2v) is 7.77. The predicted molar refractivity (Wildman–Crippen MR) is 79.9 cm³/mol. The molecule has 1 aliphatic rings. The molecule has 1 fully saturated rings. The van der Waals surface area contributed by atoms with Crippen LogP contribution in [-0.2, 0) is 0 Å². The van der Waals surface area contributed by atoms with Crippen LogP contribution in [0.4, 0.5) is 0 Å². The number of hydrogen-bond donors (Lipinski definition) is 0. The average molecular weight is 246 g/mol. The van der Waals surface area contributed by atoms with Gasteiger partial charge in [0.05, 0.1) is 0 Å². The smallest absolute Gasteiger partial charge is 0.0155 e. The Labute approximate surface area is 107 Å². The Morgan fingerprint density at radius 3 is 2.82 bits per heavy atom. The first kappa shape index (κ1) is 12.8. The zero-order valence-corrected chi connectivity index (χ0v) is 12.1. The van der Waals surface area contributed by atoms with Crippen LogP contribution in [0, 0.1) is 6.92 Å². The predicted octanol–water partition coefficient (Wildman–Crippen LogP) is 5.41. The summed E-state index contributed by atoms with van der Waals surface area (Å²) in [6.45, 7) is 6.86. The Kier molecular flexibility index (Phi) is 4.40. The molecule has 0 nitrogen and oxygen atoms in total. The van der Waals surface area contributed by atoms with Gasteiger partial charge < -0.3 is 0 Å². The second kappa shape index (κ2) is 5.83. The summed E-state index contributed by atoms with van der Waals surface area (Å²) in [7, 11) is 0.181. The summed E-state index contributed by atoms with van der Waals surface area (Å²) in [6.07, 6.45) is 7.85. The summed E-state index contributed by atoms with van der Waals surface area (Å²) in [5.74, 6) is 0. The lowest BCUT2D eigenvalue weighted by Gasteiger charge is -2.08. The maximum atomic E-state index is 2.52. The summed E-state index contributed by atoms with van der Waals surface area (Å²) in [4.78, 5) is 0. The van der Waals surface area contributed by atoms with E-state index < -0.39 is 0 Å². The Bertz CT molecular complexity index is 406. The summed E-state index contributed by atoms with van der Waals surface area (Å²) in [5, 5.41) is 1.67. The van der Waals surface area contributed by atoms with Crippen LogP contribution in [-0.4, -0.2) is 11.8 Å².